The van der Waals surface area contributed by atoms with Gasteiger partial charge in [-0.3, -0.25) is 9.59 Å². The second-order valence-electron chi connectivity index (χ2n) is 3.48. The van der Waals surface area contributed by atoms with Crippen LogP contribution in [0.1, 0.15) is 10.4 Å². The van der Waals surface area contributed by atoms with Crippen LogP contribution in [0.5, 0.6) is 0 Å². The number of amides is 2. The molecule has 0 heterocycles. The standard InChI is InChI=1S/C10H11F2N3O3/c11-5-1-4(7(13)2-6(5)12)10(18)15-3-8(16)9(14)17/h1-2,8,16H,3,13H2,(H2,14,17)(H,15,18). The number of halogens is 2. The molecule has 1 unspecified atom stereocenters. The minimum Gasteiger partial charge on any atom is -0.398 e. The minimum atomic E-state index is -1.57. The molecule has 0 saturated carbocycles. The molecule has 0 aliphatic rings. The predicted molar refractivity (Wildman–Crippen MR) is 58.3 cm³/mol. The van der Waals surface area contributed by atoms with Crippen molar-refractivity contribution in [1.29, 1.82) is 0 Å². The summed E-state index contributed by atoms with van der Waals surface area (Å²) < 4.78 is 25.7. The van der Waals surface area contributed by atoms with Crippen LogP contribution in [0.25, 0.3) is 0 Å². The number of nitrogen functional groups attached to an aromatic ring is 1. The first-order valence-electron chi connectivity index (χ1n) is 4.83. The molecule has 0 fully saturated rings. The van der Waals surface area contributed by atoms with E-state index in [-0.39, 0.29) is 11.3 Å². The first-order valence-corrected chi connectivity index (χ1v) is 4.83. The maximum Gasteiger partial charge on any atom is 0.253 e. The van der Waals surface area contributed by atoms with Gasteiger partial charge >= 0.3 is 0 Å². The fourth-order valence-corrected chi connectivity index (χ4v) is 1.14. The number of hydrogen-bond acceptors (Lipinski definition) is 4. The number of carbonyl (C=O) groups excluding carboxylic acids is 2. The smallest absolute Gasteiger partial charge is 0.253 e. The molecule has 0 radical (unpaired) electrons. The summed E-state index contributed by atoms with van der Waals surface area (Å²) in [6.45, 7) is -0.452. The van der Waals surface area contributed by atoms with E-state index in [1.165, 1.54) is 0 Å². The van der Waals surface area contributed by atoms with Crippen LogP contribution in [0.2, 0.25) is 0 Å². The highest BCUT2D eigenvalue weighted by Crippen LogP contribution is 2.16. The van der Waals surface area contributed by atoms with Crippen LogP contribution in [-0.2, 0) is 4.79 Å². The molecule has 8 heteroatoms. The van der Waals surface area contributed by atoms with Gasteiger partial charge in [-0.1, -0.05) is 0 Å². The highest BCUT2D eigenvalue weighted by atomic mass is 19.2. The predicted octanol–water partition coefficient (Wildman–Crippen LogP) is -0.877. The number of nitrogens with one attached hydrogen (secondary N) is 1. The van der Waals surface area contributed by atoms with Crippen molar-refractivity contribution in [3.63, 3.8) is 0 Å². The number of aliphatic hydroxyl groups excluding tert-OH is 1. The number of aliphatic hydroxyl groups is 1. The zero-order valence-electron chi connectivity index (χ0n) is 9.11. The minimum absolute atomic E-state index is 0.264. The van der Waals surface area contributed by atoms with Gasteiger partial charge in [0.15, 0.2) is 11.6 Å². The molecule has 0 aliphatic heterocycles. The van der Waals surface area contributed by atoms with E-state index in [1.54, 1.807) is 0 Å². The lowest BCUT2D eigenvalue weighted by molar-refractivity contribution is -0.125. The van der Waals surface area contributed by atoms with Gasteiger partial charge in [-0.15, -0.1) is 0 Å². The average Bonchev–Trinajstić information content (AvgIpc) is 2.30. The highest BCUT2D eigenvalue weighted by molar-refractivity contribution is 5.99. The molecule has 1 aromatic rings. The number of benzene rings is 1. The summed E-state index contributed by atoms with van der Waals surface area (Å²) >= 11 is 0. The quantitative estimate of drug-likeness (QED) is 0.525. The SMILES string of the molecule is NC(=O)C(O)CNC(=O)c1cc(F)c(F)cc1N. The lowest BCUT2D eigenvalue weighted by atomic mass is 10.1. The topological polar surface area (TPSA) is 118 Å². The first kappa shape index (κ1) is 13.8. The van der Waals surface area contributed by atoms with Gasteiger partial charge in [0.2, 0.25) is 5.91 Å². The monoisotopic (exact) mass is 259 g/mol. The molecule has 98 valence electrons. The maximum absolute atomic E-state index is 12.9. The van der Waals surface area contributed by atoms with E-state index in [4.69, 9.17) is 16.6 Å². The molecule has 0 saturated heterocycles. The van der Waals surface area contributed by atoms with Crippen molar-refractivity contribution in [2.45, 2.75) is 6.10 Å². The van der Waals surface area contributed by atoms with E-state index in [0.717, 1.165) is 0 Å². The average molecular weight is 259 g/mol. The summed E-state index contributed by atoms with van der Waals surface area (Å²) in [5, 5.41) is 11.1. The fraction of sp³-hybridized carbons (Fsp3) is 0.200. The van der Waals surface area contributed by atoms with Gasteiger partial charge in [0, 0.05) is 11.8 Å². The van der Waals surface area contributed by atoms with Gasteiger partial charge in [0.25, 0.3) is 5.91 Å². The summed E-state index contributed by atoms with van der Waals surface area (Å²) in [6, 6.07) is 1.28. The molecule has 6 N–H and O–H groups in total. The zero-order chi connectivity index (χ0) is 13.9. The Morgan fingerprint density at radius 1 is 1.33 bits per heavy atom. The Labute approximate surface area is 101 Å². The van der Waals surface area contributed by atoms with Gasteiger partial charge < -0.3 is 21.9 Å². The Kier molecular flexibility index (Phi) is 4.16. The number of nitrogens with two attached hydrogens (primary N) is 2. The van der Waals surface area contributed by atoms with Gasteiger partial charge in [0.1, 0.15) is 6.10 Å². The maximum atomic E-state index is 12.9. The third kappa shape index (κ3) is 3.14. The third-order valence-corrected chi connectivity index (χ3v) is 2.12. The van der Waals surface area contributed by atoms with E-state index >= 15 is 0 Å². The van der Waals surface area contributed by atoms with Gasteiger partial charge in [0.05, 0.1) is 12.1 Å². The molecule has 0 spiro atoms. The van der Waals surface area contributed by atoms with Crippen LogP contribution in [0.4, 0.5) is 14.5 Å². The summed E-state index contributed by atoms with van der Waals surface area (Å²) in [6.07, 6.45) is -1.57. The number of carbonyl (C=O) groups is 2. The molecule has 6 nitrogen and oxygen atoms in total. The van der Waals surface area contributed by atoms with Gasteiger partial charge in [-0.2, -0.15) is 0 Å². The number of hydrogen-bond donors (Lipinski definition) is 4. The number of primary amides is 1. The van der Waals surface area contributed by atoms with Crippen molar-refractivity contribution in [3.8, 4) is 0 Å². The molecule has 1 rings (SSSR count). The van der Waals surface area contributed by atoms with Crippen molar-refractivity contribution in [2.24, 2.45) is 5.73 Å². The van der Waals surface area contributed by atoms with Crippen molar-refractivity contribution in [3.05, 3.63) is 29.3 Å². The van der Waals surface area contributed by atoms with Crippen LogP contribution < -0.4 is 16.8 Å². The molecule has 1 atom stereocenters. The molecule has 0 aliphatic carbocycles. The Balaban J connectivity index is 2.79. The molecule has 0 bridgehead atoms. The molecule has 18 heavy (non-hydrogen) atoms. The van der Waals surface area contributed by atoms with E-state index < -0.39 is 36.1 Å². The van der Waals surface area contributed by atoms with Crippen LogP contribution >= 0.6 is 0 Å². The van der Waals surface area contributed by atoms with Crippen LogP contribution in [-0.4, -0.2) is 29.6 Å². The second kappa shape index (κ2) is 5.41. The lowest BCUT2D eigenvalue weighted by Crippen LogP contribution is -2.40. The molecule has 1 aromatic carbocycles. The first-order chi connectivity index (χ1) is 8.32. The fourth-order valence-electron chi connectivity index (χ4n) is 1.14. The van der Waals surface area contributed by atoms with Gasteiger partial charge in [-0.05, 0) is 6.07 Å². The highest BCUT2D eigenvalue weighted by Gasteiger charge is 2.17. The number of anilines is 1. The van der Waals surface area contributed by atoms with Crippen LogP contribution in [0.3, 0.4) is 0 Å². The summed E-state index contributed by atoms with van der Waals surface area (Å²) in [4.78, 5) is 22.0. The Morgan fingerprint density at radius 2 is 1.89 bits per heavy atom. The van der Waals surface area contributed by atoms with Crippen LogP contribution in [0.15, 0.2) is 12.1 Å². The summed E-state index contributed by atoms with van der Waals surface area (Å²) in [5.74, 6) is -4.29. The molecule has 0 aromatic heterocycles. The molecular formula is C10H11F2N3O3. The Hall–Kier alpha value is -2.22. The van der Waals surface area contributed by atoms with Crippen molar-refractivity contribution >= 4 is 17.5 Å². The summed E-state index contributed by atoms with van der Waals surface area (Å²) in [5.41, 5.74) is 9.53. The van der Waals surface area contributed by atoms with E-state index in [1.807, 2.05) is 0 Å². The van der Waals surface area contributed by atoms with Gasteiger partial charge in [-0.25, -0.2) is 8.78 Å². The van der Waals surface area contributed by atoms with E-state index in [9.17, 15) is 18.4 Å². The molecular weight excluding hydrogens is 248 g/mol. The third-order valence-electron chi connectivity index (χ3n) is 2.12. The van der Waals surface area contributed by atoms with Crippen molar-refractivity contribution < 1.29 is 23.5 Å². The van der Waals surface area contributed by atoms with Crippen molar-refractivity contribution in [1.82, 2.24) is 5.32 Å². The Bertz CT molecular complexity index is 494. The Morgan fingerprint density at radius 3 is 2.44 bits per heavy atom. The van der Waals surface area contributed by atoms with E-state index in [0.29, 0.717) is 12.1 Å². The summed E-state index contributed by atoms with van der Waals surface area (Å²) in [7, 11) is 0. The van der Waals surface area contributed by atoms with Crippen LogP contribution in [0, 0.1) is 11.6 Å². The normalized spacial score (nSPS) is 11.9. The zero-order valence-corrected chi connectivity index (χ0v) is 9.11. The largest absolute Gasteiger partial charge is 0.398 e. The molecule has 2 amide bonds. The van der Waals surface area contributed by atoms with E-state index in [2.05, 4.69) is 5.32 Å². The lowest BCUT2D eigenvalue weighted by Gasteiger charge is -2.10. The second-order valence-corrected chi connectivity index (χ2v) is 3.48. The number of rotatable bonds is 4. The van der Waals surface area contributed by atoms with Crippen molar-refractivity contribution in [2.75, 3.05) is 12.3 Å².